The van der Waals surface area contributed by atoms with E-state index in [0.717, 1.165) is 12.8 Å². The van der Waals surface area contributed by atoms with Crippen molar-refractivity contribution in [2.75, 3.05) is 6.61 Å². The lowest BCUT2D eigenvalue weighted by molar-refractivity contribution is -0.696. The van der Waals surface area contributed by atoms with Gasteiger partial charge in [-0.25, -0.2) is 14.6 Å². The number of hydrogen-bond donors (Lipinski definition) is 1. The van der Waals surface area contributed by atoms with Gasteiger partial charge >= 0.3 is 6.09 Å². The molecule has 0 radical (unpaired) electrons. The van der Waals surface area contributed by atoms with Crippen molar-refractivity contribution in [3.8, 4) is 0 Å². The summed E-state index contributed by atoms with van der Waals surface area (Å²) >= 11 is 0. The van der Waals surface area contributed by atoms with Crippen molar-refractivity contribution in [3.05, 3.63) is 0 Å². The second kappa shape index (κ2) is 17.2. The van der Waals surface area contributed by atoms with Crippen LogP contribution in [0.1, 0.15) is 77.6 Å². The van der Waals surface area contributed by atoms with Crippen LogP contribution in [0.4, 0.5) is 4.79 Å². The van der Waals surface area contributed by atoms with Gasteiger partial charge in [-0.2, -0.15) is 0 Å². The molecule has 21 heavy (non-hydrogen) atoms. The molecule has 0 rings (SSSR count). The molecule has 0 aliphatic rings. The zero-order valence-corrected chi connectivity index (χ0v) is 13.0. The lowest BCUT2D eigenvalue weighted by atomic mass is 10.1. The summed E-state index contributed by atoms with van der Waals surface area (Å²) in [6.07, 6.45) is 12.7. The third-order valence-corrected chi connectivity index (χ3v) is 3.05. The summed E-state index contributed by atoms with van der Waals surface area (Å²) in [6, 6.07) is 0. The van der Waals surface area contributed by atoms with Crippen LogP contribution in [0.2, 0.25) is 0 Å². The van der Waals surface area contributed by atoms with Crippen molar-refractivity contribution < 1.29 is 29.7 Å². The summed E-state index contributed by atoms with van der Waals surface area (Å²) < 4.78 is 0. The summed E-state index contributed by atoms with van der Waals surface area (Å²) in [6.45, 7) is 2.62. The first-order valence-electron chi connectivity index (χ1n) is 7.86. The van der Waals surface area contributed by atoms with E-state index >= 15 is 0 Å². The Labute approximate surface area is 126 Å². The fourth-order valence-electron chi connectivity index (χ4n) is 1.94. The van der Waals surface area contributed by atoms with Gasteiger partial charge < -0.3 is 5.73 Å². The number of nitrogens with two attached hydrogens (primary N) is 1. The monoisotopic (exact) mass is 307 g/mol. The fraction of sp³-hybridized carbons (Fsp3) is 0.929. The number of unbranched alkanes of at least 4 members (excludes halogenated alkanes) is 10. The maximum Gasteiger partial charge on any atom is 0.439 e. The Morgan fingerprint density at radius 3 is 1.81 bits per heavy atom. The van der Waals surface area contributed by atoms with Crippen LogP contribution >= 0.6 is 0 Å². The van der Waals surface area contributed by atoms with Gasteiger partial charge in [-0.1, -0.05) is 71.1 Å². The van der Waals surface area contributed by atoms with E-state index in [1.54, 1.807) is 0 Å². The molecule has 0 saturated heterocycles. The van der Waals surface area contributed by atoms with E-state index in [1.165, 1.54) is 57.8 Å². The standard InChI is InChI=1S/C14H29NO6/c1-2-3-4-5-6-7-8-9-10-11-12-13-17-19-21-20-18-14(15)16/h2-13H2,1H3,(H2,15,16). The number of carbonyl (C=O) groups is 1. The summed E-state index contributed by atoms with van der Waals surface area (Å²) in [7, 11) is 0. The van der Waals surface area contributed by atoms with Crippen molar-refractivity contribution >= 4 is 6.09 Å². The van der Waals surface area contributed by atoms with Gasteiger partial charge in [0.15, 0.2) is 0 Å². The molecule has 0 aliphatic heterocycles. The third-order valence-electron chi connectivity index (χ3n) is 3.05. The van der Waals surface area contributed by atoms with E-state index in [9.17, 15) is 4.79 Å². The molecular weight excluding hydrogens is 278 g/mol. The molecule has 1 amide bonds. The highest BCUT2D eigenvalue weighted by Gasteiger charge is 1.97. The maximum atomic E-state index is 10.0. The van der Waals surface area contributed by atoms with Crippen LogP contribution in [-0.2, 0) is 24.9 Å². The Morgan fingerprint density at radius 2 is 1.29 bits per heavy atom. The number of primary amides is 1. The van der Waals surface area contributed by atoms with E-state index in [1.807, 2.05) is 0 Å². The number of hydrogen-bond acceptors (Lipinski definition) is 6. The largest absolute Gasteiger partial charge is 0.439 e. The van der Waals surface area contributed by atoms with E-state index < -0.39 is 6.09 Å². The van der Waals surface area contributed by atoms with Crippen LogP contribution in [0.3, 0.4) is 0 Å². The van der Waals surface area contributed by atoms with Gasteiger partial charge in [0.2, 0.25) is 0 Å². The summed E-state index contributed by atoms with van der Waals surface area (Å²) in [5.41, 5.74) is 4.59. The molecular formula is C14H29NO6. The molecule has 0 aromatic heterocycles. The molecule has 0 heterocycles. The molecule has 0 aromatic rings. The predicted molar refractivity (Wildman–Crippen MR) is 76.3 cm³/mol. The summed E-state index contributed by atoms with van der Waals surface area (Å²) in [4.78, 5) is 18.4. The highest BCUT2D eigenvalue weighted by Crippen LogP contribution is 2.11. The quantitative estimate of drug-likeness (QED) is 0.262. The van der Waals surface area contributed by atoms with E-state index in [2.05, 4.69) is 37.5 Å². The molecule has 0 unspecified atom stereocenters. The van der Waals surface area contributed by atoms with Crippen LogP contribution in [0.25, 0.3) is 0 Å². The normalized spacial score (nSPS) is 10.7. The first-order valence-corrected chi connectivity index (χ1v) is 7.86. The lowest BCUT2D eigenvalue weighted by Gasteiger charge is -2.02. The van der Waals surface area contributed by atoms with Crippen LogP contribution < -0.4 is 5.73 Å². The minimum atomic E-state index is -1.14. The minimum Gasteiger partial charge on any atom is -0.333 e. The number of carbonyl (C=O) groups excluding carboxylic acids is 1. The zero-order chi connectivity index (χ0) is 15.6. The van der Waals surface area contributed by atoms with Gasteiger partial charge in [0.1, 0.15) is 0 Å². The van der Waals surface area contributed by atoms with Gasteiger partial charge in [0.25, 0.3) is 0 Å². The molecule has 0 aromatic carbocycles. The van der Waals surface area contributed by atoms with Crippen LogP contribution in [0.5, 0.6) is 0 Å². The van der Waals surface area contributed by atoms with Crippen LogP contribution in [-0.4, -0.2) is 12.7 Å². The average Bonchev–Trinajstić information content (AvgIpc) is 2.46. The van der Waals surface area contributed by atoms with Crippen molar-refractivity contribution in [1.82, 2.24) is 0 Å². The van der Waals surface area contributed by atoms with Gasteiger partial charge in [0.05, 0.1) is 6.61 Å². The SMILES string of the molecule is CCCCCCCCCCCCCOOOOOC(N)=O. The maximum absolute atomic E-state index is 10.0. The molecule has 0 atom stereocenters. The summed E-state index contributed by atoms with van der Waals surface area (Å²) in [5, 5.41) is 11.8. The molecule has 0 saturated carbocycles. The molecule has 0 bridgehead atoms. The second-order valence-corrected chi connectivity index (χ2v) is 4.96. The summed E-state index contributed by atoms with van der Waals surface area (Å²) in [5.74, 6) is 0. The first-order chi connectivity index (χ1) is 10.3. The second-order valence-electron chi connectivity index (χ2n) is 4.96. The topological polar surface area (TPSA) is 89.2 Å². The minimum absolute atomic E-state index is 0.386. The molecule has 7 heteroatoms. The van der Waals surface area contributed by atoms with Gasteiger partial charge in [-0.3, -0.25) is 0 Å². The van der Waals surface area contributed by atoms with E-state index in [0.29, 0.717) is 6.61 Å². The lowest BCUT2D eigenvalue weighted by Crippen LogP contribution is -2.13. The fourth-order valence-corrected chi connectivity index (χ4v) is 1.94. The van der Waals surface area contributed by atoms with Gasteiger partial charge in [0, 0.05) is 10.1 Å². The highest BCUT2D eigenvalue weighted by molar-refractivity contribution is 5.63. The predicted octanol–water partition coefficient (Wildman–Crippen LogP) is 4.12. The Hall–Kier alpha value is -0.890. The van der Waals surface area contributed by atoms with E-state index in [4.69, 9.17) is 0 Å². The number of amides is 1. The zero-order valence-electron chi connectivity index (χ0n) is 13.0. The van der Waals surface area contributed by atoms with Crippen molar-refractivity contribution in [2.45, 2.75) is 77.6 Å². The van der Waals surface area contributed by atoms with Crippen molar-refractivity contribution in [1.29, 1.82) is 0 Å². The Morgan fingerprint density at radius 1 is 0.762 bits per heavy atom. The number of rotatable bonds is 16. The van der Waals surface area contributed by atoms with Crippen molar-refractivity contribution in [3.63, 3.8) is 0 Å². The molecule has 7 nitrogen and oxygen atoms in total. The van der Waals surface area contributed by atoms with Gasteiger partial charge in [-0.05, 0) is 11.5 Å². The Kier molecular flexibility index (Phi) is 16.4. The van der Waals surface area contributed by atoms with Crippen LogP contribution in [0.15, 0.2) is 0 Å². The first kappa shape index (κ1) is 20.1. The van der Waals surface area contributed by atoms with Crippen LogP contribution in [0, 0.1) is 0 Å². The molecule has 0 spiro atoms. The highest BCUT2D eigenvalue weighted by atomic mass is 17.8. The van der Waals surface area contributed by atoms with Gasteiger partial charge in [-0.15, -0.1) is 0 Å². The van der Waals surface area contributed by atoms with Crippen molar-refractivity contribution in [2.24, 2.45) is 5.73 Å². The molecule has 0 fully saturated rings. The average molecular weight is 307 g/mol. The smallest absolute Gasteiger partial charge is 0.333 e. The Balaban J connectivity index is 2.95. The Bertz CT molecular complexity index is 228. The molecule has 2 N–H and O–H groups in total. The van der Waals surface area contributed by atoms with E-state index in [-0.39, 0.29) is 0 Å². The third kappa shape index (κ3) is 19.1. The molecule has 0 aliphatic carbocycles. The molecule has 126 valence electrons.